The summed E-state index contributed by atoms with van der Waals surface area (Å²) in [6, 6.07) is 3.33. The van der Waals surface area contributed by atoms with Crippen LogP contribution < -0.4 is 5.32 Å². The van der Waals surface area contributed by atoms with Gasteiger partial charge in [-0.2, -0.15) is 0 Å². The molecule has 6 nitrogen and oxygen atoms in total. The molecule has 0 bridgehead atoms. The second kappa shape index (κ2) is 4.88. The smallest absolute Gasteiger partial charge is 0.338 e. The van der Waals surface area contributed by atoms with Crippen molar-refractivity contribution in [1.82, 2.24) is 9.59 Å². The van der Waals surface area contributed by atoms with Gasteiger partial charge in [0.1, 0.15) is 10.7 Å². The first-order chi connectivity index (χ1) is 8.58. The molecule has 92 valence electrons. The first-order valence-corrected chi connectivity index (χ1v) is 5.47. The zero-order chi connectivity index (χ0) is 13.1. The topological polar surface area (TPSA) is 92.2 Å². The summed E-state index contributed by atoms with van der Waals surface area (Å²) in [5.74, 6) is -2.76. The van der Waals surface area contributed by atoms with Crippen LogP contribution in [0.2, 0.25) is 0 Å². The first kappa shape index (κ1) is 12.1. The molecule has 0 aliphatic heterocycles. The van der Waals surface area contributed by atoms with Crippen molar-refractivity contribution in [2.45, 2.75) is 0 Å². The molecule has 2 N–H and O–H groups in total. The van der Waals surface area contributed by atoms with Crippen LogP contribution in [0.5, 0.6) is 0 Å². The van der Waals surface area contributed by atoms with Gasteiger partial charge in [-0.1, -0.05) is 4.49 Å². The molecule has 2 rings (SSSR count). The van der Waals surface area contributed by atoms with E-state index in [1.54, 1.807) is 0 Å². The van der Waals surface area contributed by atoms with Gasteiger partial charge in [-0.25, -0.2) is 9.18 Å². The van der Waals surface area contributed by atoms with Gasteiger partial charge < -0.3 is 10.4 Å². The summed E-state index contributed by atoms with van der Waals surface area (Å²) in [5, 5.41) is 14.6. The highest BCUT2D eigenvalue weighted by molar-refractivity contribution is 7.07. The molecule has 18 heavy (non-hydrogen) atoms. The Hall–Kier alpha value is -2.35. The Morgan fingerprint density at radius 2 is 2.17 bits per heavy atom. The molecule has 0 aliphatic rings. The number of hydrogen-bond donors (Lipinski definition) is 2. The molecule has 2 aromatic rings. The minimum atomic E-state index is -1.36. The van der Waals surface area contributed by atoms with Crippen molar-refractivity contribution in [2.75, 3.05) is 5.32 Å². The van der Waals surface area contributed by atoms with E-state index in [0.717, 1.165) is 23.7 Å². The van der Waals surface area contributed by atoms with E-state index in [2.05, 4.69) is 14.9 Å². The zero-order valence-corrected chi connectivity index (χ0v) is 9.57. The van der Waals surface area contributed by atoms with E-state index in [1.807, 2.05) is 0 Å². The van der Waals surface area contributed by atoms with Crippen molar-refractivity contribution < 1.29 is 19.1 Å². The van der Waals surface area contributed by atoms with Gasteiger partial charge in [0.25, 0.3) is 5.91 Å². The normalized spacial score (nSPS) is 10.1. The Morgan fingerprint density at radius 1 is 1.39 bits per heavy atom. The number of carboxylic acid groups (broad SMARTS) is 1. The molecule has 0 spiro atoms. The van der Waals surface area contributed by atoms with Gasteiger partial charge in [0.05, 0.1) is 11.8 Å². The molecule has 1 heterocycles. The van der Waals surface area contributed by atoms with Gasteiger partial charge in [-0.3, -0.25) is 4.79 Å². The Kier molecular flexibility index (Phi) is 3.28. The number of nitrogens with zero attached hydrogens (tertiary/aromatic N) is 2. The maximum atomic E-state index is 13.3. The van der Waals surface area contributed by atoms with Crippen LogP contribution in [-0.4, -0.2) is 26.6 Å². The second-order valence-electron chi connectivity index (χ2n) is 3.24. The molecule has 1 aromatic heterocycles. The Bertz CT molecular complexity index is 600. The molecule has 0 fully saturated rings. The van der Waals surface area contributed by atoms with Gasteiger partial charge >= 0.3 is 5.97 Å². The number of rotatable bonds is 3. The number of benzene rings is 1. The van der Waals surface area contributed by atoms with Crippen molar-refractivity contribution in [1.29, 1.82) is 0 Å². The van der Waals surface area contributed by atoms with Crippen LogP contribution in [0.4, 0.5) is 10.1 Å². The number of carbonyl (C=O) groups is 2. The zero-order valence-electron chi connectivity index (χ0n) is 8.75. The molecule has 0 radical (unpaired) electrons. The lowest BCUT2D eigenvalue weighted by molar-refractivity contribution is 0.0692. The van der Waals surface area contributed by atoms with Crippen molar-refractivity contribution in [2.24, 2.45) is 0 Å². The van der Waals surface area contributed by atoms with E-state index in [4.69, 9.17) is 5.11 Å². The van der Waals surface area contributed by atoms with Crippen LogP contribution in [0.15, 0.2) is 24.4 Å². The Morgan fingerprint density at radius 3 is 2.72 bits per heavy atom. The van der Waals surface area contributed by atoms with Crippen LogP contribution in [0.3, 0.4) is 0 Å². The Labute approximate surface area is 104 Å². The number of hydrogen-bond acceptors (Lipinski definition) is 5. The van der Waals surface area contributed by atoms with Gasteiger partial charge in [-0.05, 0) is 29.7 Å². The van der Waals surface area contributed by atoms with Gasteiger partial charge in [-0.15, -0.1) is 5.10 Å². The van der Waals surface area contributed by atoms with Gasteiger partial charge in [0.15, 0.2) is 0 Å². The van der Waals surface area contributed by atoms with Crippen LogP contribution in [0.25, 0.3) is 0 Å². The number of nitrogens with one attached hydrogen (secondary N) is 1. The highest BCUT2D eigenvalue weighted by Gasteiger charge is 2.13. The SMILES string of the molecule is O=C(Nc1ccc(C(=O)O)c(F)c1)c1cnns1. The quantitative estimate of drug-likeness (QED) is 0.881. The second-order valence-corrected chi connectivity index (χ2v) is 4.02. The molecular formula is C10H6FN3O3S. The summed E-state index contributed by atoms with van der Waals surface area (Å²) in [7, 11) is 0. The third kappa shape index (κ3) is 2.48. The highest BCUT2D eigenvalue weighted by atomic mass is 32.1. The lowest BCUT2D eigenvalue weighted by Gasteiger charge is -2.04. The van der Waals surface area contributed by atoms with Crippen molar-refractivity contribution in [3.63, 3.8) is 0 Å². The summed E-state index contributed by atoms with van der Waals surface area (Å²) < 4.78 is 16.9. The molecule has 0 aliphatic carbocycles. The van der Waals surface area contributed by atoms with E-state index in [1.165, 1.54) is 12.3 Å². The number of halogens is 1. The molecule has 0 unspecified atom stereocenters. The average molecular weight is 267 g/mol. The predicted octanol–water partition coefficient (Wildman–Crippen LogP) is 1.63. The molecule has 1 aromatic carbocycles. The number of amides is 1. The fourth-order valence-electron chi connectivity index (χ4n) is 1.23. The summed E-state index contributed by atoms with van der Waals surface area (Å²) in [5.41, 5.74) is -0.289. The van der Waals surface area contributed by atoms with E-state index in [-0.39, 0.29) is 10.6 Å². The summed E-state index contributed by atoms with van der Waals surface area (Å²) in [6.45, 7) is 0. The minimum absolute atomic E-state index is 0.163. The summed E-state index contributed by atoms with van der Waals surface area (Å²) in [6.07, 6.45) is 1.28. The van der Waals surface area contributed by atoms with Gasteiger partial charge in [0, 0.05) is 5.69 Å². The van der Waals surface area contributed by atoms with E-state index < -0.39 is 23.3 Å². The summed E-state index contributed by atoms with van der Waals surface area (Å²) >= 11 is 0.902. The minimum Gasteiger partial charge on any atom is -0.478 e. The number of aromatic nitrogens is 2. The largest absolute Gasteiger partial charge is 0.478 e. The Balaban J connectivity index is 2.18. The van der Waals surface area contributed by atoms with Crippen molar-refractivity contribution in [3.8, 4) is 0 Å². The fraction of sp³-hybridized carbons (Fsp3) is 0. The van der Waals surface area contributed by atoms with Crippen LogP contribution in [0.1, 0.15) is 20.0 Å². The maximum Gasteiger partial charge on any atom is 0.338 e. The molecule has 0 saturated carbocycles. The number of carboxylic acids is 1. The fourth-order valence-corrected chi connectivity index (χ4v) is 1.64. The predicted molar refractivity (Wildman–Crippen MR) is 61.2 cm³/mol. The van der Waals surface area contributed by atoms with Crippen LogP contribution in [-0.2, 0) is 0 Å². The van der Waals surface area contributed by atoms with Crippen LogP contribution in [0, 0.1) is 5.82 Å². The van der Waals surface area contributed by atoms with Crippen molar-refractivity contribution >= 4 is 29.1 Å². The van der Waals surface area contributed by atoms with Crippen molar-refractivity contribution in [3.05, 3.63) is 40.7 Å². The average Bonchev–Trinajstić information content (AvgIpc) is 2.81. The number of anilines is 1. The first-order valence-electron chi connectivity index (χ1n) is 4.69. The number of aromatic carboxylic acids is 1. The molecule has 1 amide bonds. The van der Waals surface area contributed by atoms with Gasteiger partial charge in [0.2, 0.25) is 0 Å². The summed E-state index contributed by atoms with van der Waals surface area (Å²) in [4.78, 5) is 22.5. The lowest BCUT2D eigenvalue weighted by atomic mass is 10.2. The molecule has 0 atom stereocenters. The lowest BCUT2D eigenvalue weighted by Crippen LogP contribution is -2.11. The molecule has 8 heteroatoms. The van der Waals surface area contributed by atoms with E-state index in [9.17, 15) is 14.0 Å². The number of carbonyl (C=O) groups excluding carboxylic acids is 1. The maximum absolute atomic E-state index is 13.3. The molecule has 0 saturated heterocycles. The standard InChI is InChI=1S/C10H6FN3O3S/c11-7-3-5(1-2-6(7)10(16)17)13-9(15)8-4-12-14-18-8/h1-4H,(H,13,15)(H,16,17). The monoisotopic (exact) mass is 267 g/mol. The third-order valence-electron chi connectivity index (χ3n) is 2.04. The van der Waals surface area contributed by atoms with E-state index >= 15 is 0 Å². The third-order valence-corrected chi connectivity index (χ3v) is 2.71. The molecular weight excluding hydrogens is 261 g/mol. The van der Waals surface area contributed by atoms with Crippen LogP contribution >= 0.6 is 11.5 Å². The highest BCUT2D eigenvalue weighted by Crippen LogP contribution is 2.16. The van der Waals surface area contributed by atoms with E-state index in [0.29, 0.717) is 0 Å².